The summed E-state index contributed by atoms with van der Waals surface area (Å²) < 4.78 is 0. The van der Waals surface area contributed by atoms with Crippen molar-refractivity contribution in [3.05, 3.63) is 59.7 Å². The zero-order chi connectivity index (χ0) is 24.8. The van der Waals surface area contributed by atoms with Crippen LogP contribution in [0, 0.1) is 10.8 Å². The maximum Gasteiger partial charge on any atom is 0.224 e. The number of amides is 2. The Morgan fingerprint density at radius 2 is 1.42 bits per heavy atom. The van der Waals surface area contributed by atoms with Gasteiger partial charge in [-0.25, -0.2) is 0 Å². The predicted octanol–water partition coefficient (Wildman–Crippen LogP) is 6.09. The van der Waals surface area contributed by atoms with Gasteiger partial charge in [-0.2, -0.15) is 0 Å². The van der Waals surface area contributed by atoms with Crippen LogP contribution in [-0.2, 0) is 22.7 Å². The van der Waals surface area contributed by atoms with Gasteiger partial charge in [-0.3, -0.25) is 9.59 Å². The Morgan fingerprint density at radius 3 is 1.97 bits per heavy atom. The quantitative estimate of drug-likeness (QED) is 0.528. The third kappa shape index (κ3) is 9.29. The highest BCUT2D eigenvalue weighted by atomic mass is 16.2. The van der Waals surface area contributed by atoms with Crippen LogP contribution in [0.5, 0.6) is 0 Å². The van der Waals surface area contributed by atoms with Gasteiger partial charge in [0.25, 0.3) is 0 Å². The zero-order valence-corrected chi connectivity index (χ0v) is 21.7. The van der Waals surface area contributed by atoms with Crippen LogP contribution >= 0.6 is 0 Å². The van der Waals surface area contributed by atoms with Crippen molar-refractivity contribution in [2.24, 2.45) is 10.8 Å². The summed E-state index contributed by atoms with van der Waals surface area (Å²) >= 11 is 0. The molecule has 180 valence electrons. The first-order chi connectivity index (χ1) is 15.2. The molecule has 2 aromatic carbocycles. The van der Waals surface area contributed by atoms with E-state index in [-0.39, 0.29) is 22.6 Å². The molecular formula is C28H41N3O2. The number of hydrogen-bond donors (Lipinski definition) is 1. The third-order valence-electron chi connectivity index (χ3n) is 5.15. The van der Waals surface area contributed by atoms with Crippen LogP contribution < -0.4 is 10.2 Å². The van der Waals surface area contributed by atoms with Crippen LogP contribution in [0.3, 0.4) is 0 Å². The lowest BCUT2D eigenvalue weighted by molar-refractivity contribution is -0.134. The molecular weight excluding hydrogens is 410 g/mol. The molecule has 0 saturated carbocycles. The maximum absolute atomic E-state index is 13.3. The highest BCUT2D eigenvalue weighted by molar-refractivity contribution is 5.91. The van der Waals surface area contributed by atoms with Crippen molar-refractivity contribution < 1.29 is 9.59 Å². The molecule has 33 heavy (non-hydrogen) atoms. The second-order valence-corrected chi connectivity index (χ2v) is 11.5. The average molecular weight is 452 g/mol. The topological polar surface area (TPSA) is 52.7 Å². The molecule has 5 nitrogen and oxygen atoms in total. The molecule has 0 aromatic heterocycles. The van der Waals surface area contributed by atoms with Gasteiger partial charge in [0.15, 0.2) is 0 Å². The normalized spacial score (nSPS) is 11.8. The third-order valence-corrected chi connectivity index (χ3v) is 5.15. The van der Waals surface area contributed by atoms with E-state index in [1.165, 1.54) is 0 Å². The Morgan fingerprint density at radius 1 is 0.818 bits per heavy atom. The van der Waals surface area contributed by atoms with Gasteiger partial charge < -0.3 is 15.1 Å². The van der Waals surface area contributed by atoms with Crippen molar-refractivity contribution in [3.8, 4) is 0 Å². The fourth-order valence-corrected chi connectivity index (χ4v) is 3.72. The van der Waals surface area contributed by atoms with Crippen LogP contribution in [0.4, 0.5) is 11.4 Å². The van der Waals surface area contributed by atoms with Crippen LogP contribution in [-0.4, -0.2) is 30.8 Å². The van der Waals surface area contributed by atoms with Crippen molar-refractivity contribution in [2.75, 3.05) is 24.3 Å². The molecule has 0 aliphatic rings. The van der Waals surface area contributed by atoms with Crippen LogP contribution in [0.15, 0.2) is 48.5 Å². The number of carbonyl (C=O) groups excluding carboxylic acids is 2. The van der Waals surface area contributed by atoms with Gasteiger partial charge in [0.2, 0.25) is 11.8 Å². The van der Waals surface area contributed by atoms with Gasteiger partial charge in [0.1, 0.15) is 0 Å². The van der Waals surface area contributed by atoms with Gasteiger partial charge in [0.05, 0.1) is 0 Å². The molecule has 0 fully saturated rings. The summed E-state index contributed by atoms with van der Waals surface area (Å²) in [6.45, 7) is 13.4. The highest BCUT2D eigenvalue weighted by Gasteiger charge is 2.23. The Labute approximate surface area is 200 Å². The lowest BCUT2D eigenvalue weighted by Crippen LogP contribution is -2.33. The predicted molar refractivity (Wildman–Crippen MR) is 138 cm³/mol. The maximum atomic E-state index is 13.3. The summed E-state index contributed by atoms with van der Waals surface area (Å²) in [5.74, 6) is 0.120. The number of rotatable bonds is 8. The van der Waals surface area contributed by atoms with Crippen LogP contribution in [0.25, 0.3) is 0 Å². The lowest BCUT2D eigenvalue weighted by Gasteiger charge is -2.29. The SMILES string of the molecule is CN(C)c1ccc(NC(=O)CC(C)(C)C)cc1CN(Cc1ccccc1)C(=O)CC(C)(C)C. The van der Waals surface area contributed by atoms with E-state index < -0.39 is 0 Å². The molecule has 0 saturated heterocycles. The molecule has 2 rings (SSSR count). The molecule has 2 aromatic rings. The van der Waals surface area contributed by atoms with Gasteiger partial charge >= 0.3 is 0 Å². The Balaban J connectivity index is 2.35. The van der Waals surface area contributed by atoms with E-state index >= 15 is 0 Å². The average Bonchev–Trinajstić information content (AvgIpc) is 2.65. The molecule has 0 aliphatic carbocycles. The number of hydrogen-bond acceptors (Lipinski definition) is 3. The minimum Gasteiger partial charge on any atom is -0.377 e. The Bertz CT molecular complexity index is 938. The van der Waals surface area contributed by atoms with Crippen molar-refractivity contribution in [3.63, 3.8) is 0 Å². The van der Waals surface area contributed by atoms with E-state index in [0.717, 1.165) is 22.5 Å². The molecule has 5 heteroatoms. The van der Waals surface area contributed by atoms with E-state index in [0.29, 0.717) is 25.9 Å². The van der Waals surface area contributed by atoms with Crippen molar-refractivity contribution >= 4 is 23.2 Å². The van der Waals surface area contributed by atoms with Crippen molar-refractivity contribution in [2.45, 2.75) is 67.5 Å². The summed E-state index contributed by atoms with van der Waals surface area (Å²) in [7, 11) is 3.99. The highest BCUT2D eigenvalue weighted by Crippen LogP contribution is 2.28. The van der Waals surface area contributed by atoms with Crippen LogP contribution in [0.2, 0.25) is 0 Å². The van der Waals surface area contributed by atoms with E-state index in [1.807, 2.05) is 72.4 Å². The first-order valence-electron chi connectivity index (χ1n) is 11.7. The summed E-state index contributed by atoms with van der Waals surface area (Å²) in [5, 5.41) is 3.03. The molecule has 0 heterocycles. The number of anilines is 2. The van der Waals surface area contributed by atoms with E-state index in [2.05, 4.69) is 46.9 Å². The first-order valence-corrected chi connectivity index (χ1v) is 11.7. The summed E-state index contributed by atoms with van der Waals surface area (Å²) in [4.78, 5) is 29.8. The number of nitrogens with one attached hydrogen (secondary N) is 1. The molecule has 0 atom stereocenters. The standard InChI is InChI=1S/C28H41N3O2/c1-27(2,3)17-25(32)29-23-14-15-24(30(7)8)22(16-23)20-31(26(33)18-28(4,5)6)19-21-12-10-9-11-13-21/h9-16H,17-20H2,1-8H3,(H,29,32). The second kappa shape index (κ2) is 10.9. The number of nitrogens with zero attached hydrogens (tertiary/aromatic N) is 2. The smallest absolute Gasteiger partial charge is 0.224 e. The van der Waals surface area contributed by atoms with Crippen molar-refractivity contribution in [1.29, 1.82) is 0 Å². The van der Waals surface area contributed by atoms with E-state index in [4.69, 9.17) is 0 Å². The van der Waals surface area contributed by atoms with E-state index in [1.54, 1.807) is 0 Å². The van der Waals surface area contributed by atoms with Gasteiger partial charge in [-0.05, 0) is 40.2 Å². The number of benzene rings is 2. The molecule has 0 unspecified atom stereocenters. The van der Waals surface area contributed by atoms with E-state index in [9.17, 15) is 9.59 Å². The molecule has 2 amide bonds. The fourth-order valence-electron chi connectivity index (χ4n) is 3.72. The molecule has 0 aliphatic heterocycles. The Hall–Kier alpha value is -2.82. The number of carbonyl (C=O) groups is 2. The Kier molecular flexibility index (Phi) is 8.70. The summed E-state index contributed by atoms with van der Waals surface area (Å²) in [6.07, 6.45) is 0.918. The van der Waals surface area contributed by atoms with Crippen LogP contribution in [0.1, 0.15) is 65.5 Å². The molecule has 1 N–H and O–H groups in total. The molecule has 0 spiro atoms. The minimum atomic E-state index is -0.0980. The first kappa shape index (κ1) is 26.4. The summed E-state index contributed by atoms with van der Waals surface area (Å²) in [6, 6.07) is 16.0. The largest absolute Gasteiger partial charge is 0.377 e. The second-order valence-electron chi connectivity index (χ2n) is 11.5. The zero-order valence-electron chi connectivity index (χ0n) is 21.7. The van der Waals surface area contributed by atoms with Gasteiger partial charge in [-0.15, -0.1) is 0 Å². The molecule has 0 bridgehead atoms. The monoisotopic (exact) mass is 451 g/mol. The molecule has 0 radical (unpaired) electrons. The lowest BCUT2D eigenvalue weighted by atomic mass is 9.91. The fraction of sp³-hybridized carbons (Fsp3) is 0.500. The van der Waals surface area contributed by atoms with Crippen molar-refractivity contribution in [1.82, 2.24) is 4.90 Å². The van der Waals surface area contributed by atoms with Gasteiger partial charge in [-0.1, -0.05) is 71.9 Å². The minimum absolute atomic E-state index is 0.00370. The summed E-state index contributed by atoms with van der Waals surface area (Å²) in [5.41, 5.74) is 3.72. The van der Waals surface area contributed by atoms with Gasteiger partial charge in [0, 0.05) is 51.4 Å².